The van der Waals surface area contributed by atoms with E-state index >= 15 is 0 Å². The first-order chi connectivity index (χ1) is 13.7. The summed E-state index contributed by atoms with van der Waals surface area (Å²) in [7, 11) is 3.46. The zero-order chi connectivity index (χ0) is 20.2. The fourth-order valence-electron chi connectivity index (χ4n) is 2.92. The molecule has 0 saturated heterocycles. The summed E-state index contributed by atoms with van der Waals surface area (Å²) >= 11 is 0. The van der Waals surface area contributed by atoms with Gasteiger partial charge in [-0.2, -0.15) is 5.10 Å². The normalized spacial score (nSPS) is 11.2. The molecule has 0 bridgehead atoms. The van der Waals surface area contributed by atoms with Gasteiger partial charge in [0.1, 0.15) is 0 Å². The van der Waals surface area contributed by atoms with Crippen molar-refractivity contribution < 1.29 is 9.47 Å². The molecule has 0 fully saturated rings. The Hall–Kier alpha value is -1.65. The molecule has 0 amide bonds. The molecule has 8 heteroatoms. The Balaban J connectivity index is 0.00000420. The van der Waals surface area contributed by atoms with Gasteiger partial charge in [-0.3, -0.25) is 9.67 Å². The fourth-order valence-corrected chi connectivity index (χ4v) is 2.92. The van der Waals surface area contributed by atoms with Crippen LogP contribution in [0.5, 0.6) is 0 Å². The first kappa shape index (κ1) is 25.4. The topological polar surface area (TPSA) is 72.7 Å². The predicted molar refractivity (Wildman–Crippen MR) is 128 cm³/mol. The Morgan fingerprint density at radius 2 is 1.86 bits per heavy atom. The smallest absolute Gasteiger partial charge is 0.191 e. The van der Waals surface area contributed by atoms with Crippen LogP contribution in [0.25, 0.3) is 0 Å². The number of aliphatic imine (C=N–C) groups is 1. The van der Waals surface area contributed by atoms with Crippen LogP contribution in [0.3, 0.4) is 0 Å². The average Bonchev–Trinajstić information content (AvgIpc) is 2.97. The minimum Gasteiger partial charge on any atom is -0.382 e. The third-order valence-electron chi connectivity index (χ3n) is 4.55. The van der Waals surface area contributed by atoms with Crippen molar-refractivity contribution in [2.45, 2.75) is 33.4 Å². The molecule has 0 radical (unpaired) electrons. The maximum Gasteiger partial charge on any atom is 0.191 e. The van der Waals surface area contributed by atoms with Crippen molar-refractivity contribution in [3.8, 4) is 0 Å². The number of nitrogens with zero attached hydrogens (tertiary/aromatic N) is 3. The molecule has 162 valence electrons. The maximum atomic E-state index is 5.47. The van der Waals surface area contributed by atoms with Crippen LogP contribution < -0.4 is 10.6 Å². The number of ether oxygens (including phenoxy) is 2. The second kappa shape index (κ2) is 14.4. The van der Waals surface area contributed by atoms with Gasteiger partial charge in [-0.05, 0) is 25.8 Å². The van der Waals surface area contributed by atoms with E-state index in [2.05, 4.69) is 58.4 Å². The second-order valence-corrected chi connectivity index (χ2v) is 6.60. The minimum absolute atomic E-state index is 0. The zero-order valence-electron chi connectivity index (χ0n) is 17.9. The van der Waals surface area contributed by atoms with Crippen molar-refractivity contribution in [3.05, 3.63) is 52.8 Å². The summed E-state index contributed by atoms with van der Waals surface area (Å²) in [6.45, 7) is 8.42. The molecular weight excluding hydrogens is 481 g/mol. The van der Waals surface area contributed by atoms with Crippen LogP contribution in [0.1, 0.15) is 28.9 Å². The van der Waals surface area contributed by atoms with Crippen molar-refractivity contribution >= 4 is 29.9 Å². The van der Waals surface area contributed by atoms with Crippen LogP contribution in [0.4, 0.5) is 0 Å². The molecule has 0 spiro atoms. The number of hydrogen-bond acceptors (Lipinski definition) is 4. The van der Waals surface area contributed by atoms with E-state index in [0.29, 0.717) is 26.4 Å². The quantitative estimate of drug-likeness (QED) is 0.209. The van der Waals surface area contributed by atoms with Crippen molar-refractivity contribution in [2.75, 3.05) is 40.5 Å². The van der Waals surface area contributed by atoms with E-state index in [4.69, 9.17) is 14.6 Å². The average molecular weight is 515 g/mol. The summed E-state index contributed by atoms with van der Waals surface area (Å²) in [5, 5.41) is 11.4. The van der Waals surface area contributed by atoms with Crippen LogP contribution in [0.15, 0.2) is 35.3 Å². The van der Waals surface area contributed by atoms with Crippen LogP contribution in [-0.2, 0) is 22.6 Å². The maximum absolute atomic E-state index is 5.47. The summed E-state index contributed by atoms with van der Waals surface area (Å²) in [6.07, 6.45) is 0.914. The van der Waals surface area contributed by atoms with Crippen LogP contribution >= 0.6 is 24.0 Å². The van der Waals surface area contributed by atoms with E-state index in [9.17, 15) is 0 Å². The molecule has 1 aromatic carbocycles. The molecule has 7 nitrogen and oxygen atoms in total. The van der Waals surface area contributed by atoms with E-state index in [1.807, 2.05) is 6.07 Å². The van der Waals surface area contributed by atoms with E-state index in [0.717, 1.165) is 31.2 Å². The number of aryl methyl sites for hydroxylation is 1. The molecule has 2 N–H and O–H groups in total. The van der Waals surface area contributed by atoms with Gasteiger partial charge in [-0.25, -0.2) is 0 Å². The molecule has 0 aliphatic carbocycles. The van der Waals surface area contributed by atoms with Crippen LogP contribution in [0.2, 0.25) is 0 Å². The molecule has 2 aromatic rings. The lowest BCUT2D eigenvalue weighted by Crippen LogP contribution is -2.37. The third kappa shape index (κ3) is 8.71. The van der Waals surface area contributed by atoms with E-state index in [1.165, 1.54) is 16.8 Å². The molecule has 0 saturated carbocycles. The van der Waals surface area contributed by atoms with Gasteiger partial charge in [0.2, 0.25) is 0 Å². The monoisotopic (exact) mass is 515 g/mol. The summed E-state index contributed by atoms with van der Waals surface area (Å²) in [5.74, 6) is 0.784. The molecule has 2 rings (SSSR count). The molecule has 1 heterocycles. The number of nitrogens with one attached hydrogen (secondary N) is 2. The van der Waals surface area contributed by atoms with Crippen LogP contribution in [-0.4, -0.2) is 56.3 Å². The number of halogens is 1. The lowest BCUT2D eigenvalue weighted by atomic mass is 10.2. The lowest BCUT2D eigenvalue weighted by molar-refractivity contribution is 0.0698. The van der Waals surface area contributed by atoms with Crippen molar-refractivity contribution in [3.63, 3.8) is 0 Å². The van der Waals surface area contributed by atoms with E-state index < -0.39 is 0 Å². The standard InChI is InChI=1S/C21H33N5O2.HI/c1-17-20(18(2)26(25-17)16-19-9-6-5-7-10-19)15-24-21(22-3)23-11-8-12-28-14-13-27-4;/h5-7,9-10H,8,11-16H2,1-4H3,(H2,22,23,24);1H. The predicted octanol–water partition coefficient (Wildman–Crippen LogP) is 2.88. The Bertz CT molecular complexity index is 734. The number of benzene rings is 1. The van der Waals surface area contributed by atoms with Gasteiger partial charge in [-0.1, -0.05) is 30.3 Å². The summed E-state index contributed by atoms with van der Waals surface area (Å²) in [5.41, 5.74) is 4.68. The molecule has 29 heavy (non-hydrogen) atoms. The van der Waals surface area contributed by atoms with E-state index in [-0.39, 0.29) is 24.0 Å². The second-order valence-electron chi connectivity index (χ2n) is 6.60. The Morgan fingerprint density at radius 3 is 2.55 bits per heavy atom. The highest BCUT2D eigenvalue weighted by Crippen LogP contribution is 2.14. The van der Waals surface area contributed by atoms with Gasteiger partial charge < -0.3 is 20.1 Å². The van der Waals surface area contributed by atoms with Gasteiger partial charge in [0.25, 0.3) is 0 Å². The highest BCUT2D eigenvalue weighted by molar-refractivity contribution is 14.0. The Kier molecular flexibility index (Phi) is 12.6. The van der Waals surface area contributed by atoms with E-state index in [1.54, 1.807) is 14.2 Å². The third-order valence-corrected chi connectivity index (χ3v) is 4.55. The molecule has 0 aliphatic heterocycles. The number of rotatable bonds is 11. The number of aromatic nitrogens is 2. The summed E-state index contributed by atoms with van der Waals surface area (Å²) in [4.78, 5) is 4.29. The van der Waals surface area contributed by atoms with Crippen molar-refractivity contribution in [1.82, 2.24) is 20.4 Å². The zero-order valence-corrected chi connectivity index (χ0v) is 20.2. The minimum atomic E-state index is 0. The Labute approximate surface area is 191 Å². The molecule has 1 aromatic heterocycles. The van der Waals surface area contributed by atoms with Crippen molar-refractivity contribution in [1.29, 1.82) is 0 Å². The first-order valence-corrected chi connectivity index (χ1v) is 9.73. The number of hydrogen-bond donors (Lipinski definition) is 2. The first-order valence-electron chi connectivity index (χ1n) is 9.73. The Morgan fingerprint density at radius 1 is 1.10 bits per heavy atom. The molecule has 0 atom stereocenters. The molecule has 0 aliphatic rings. The van der Waals surface area contributed by atoms with Gasteiger partial charge in [0.15, 0.2) is 5.96 Å². The van der Waals surface area contributed by atoms with Gasteiger partial charge >= 0.3 is 0 Å². The highest BCUT2D eigenvalue weighted by Gasteiger charge is 2.12. The number of methoxy groups -OCH3 is 1. The SMILES string of the molecule is CN=C(NCCCOCCOC)NCc1c(C)nn(Cc2ccccc2)c1C.I. The summed E-state index contributed by atoms with van der Waals surface area (Å²) < 4.78 is 12.5. The van der Waals surface area contributed by atoms with Crippen molar-refractivity contribution in [2.24, 2.45) is 4.99 Å². The highest BCUT2D eigenvalue weighted by atomic mass is 127. The van der Waals surface area contributed by atoms with Gasteiger partial charge in [0, 0.05) is 45.1 Å². The van der Waals surface area contributed by atoms with Gasteiger partial charge in [-0.15, -0.1) is 24.0 Å². The molecular formula is C21H34IN5O2. The molecule has 0 unspecified atom stereocenters. The largest absolute Gasteiger partial charge is 0.382 e. The van der Waals surface area contributed by atoms with Gasteiger partial charge in [0.05, 0.1) is 25.5 Å². The summed E-state index contributed by atoms with van der Waals surface area (Å²) in [6, 6.07) is 10.4. The number of guanidine groups is 1. The lowest BCUT2D eigenvalue weighted by Gasteiger charge is -2.12. The fraction of sp³-hybridized carbons (Fsp3) is 0.524. The van der Waals surface area contributed by atoms with Crippen LogP contribution in [0, 0.1) is 13.8 Å².